The van der Waals surface area contributed by atoms with Gasteiger partial charge in [-0.25, -0.2) is 0 Å². The maximum absolute atomic E-state index is 11.4. The Labute approximate surface area is 100 Å². The minimum Gasteiger partial charge on any atom is -0.480 e. The second kappa shape index (κ2) is 6.10. The van der Waals surface area contributed by atoms with Crippen LogP contribution in [0, 0.1) is 0 Å². The van der Waals surface area contributed by atoms with Crippen LogP contribution >= 0.6 is 12.6 Å². The first-order valence-electron chi connectivity index (χ1n) is 5.45. The Bertz CT molecular complexity index is 273. The van der Waals surface area contributed by atoms with E-state index < -0.39 is 12.0 Å². The van der Waals surface area contributed by atoms with E-state index in [2.05, 4.69) is 12.6 Å². The van der Waals surface area contributed by atoms with Gasteiger partial charge in [-0.1, -0.05) is 0 Å². The van der Waals surface area contributed by atoms with Crippen LogP contribution in [0.1, 0.15) is 25.7 Å². The number of carbonyl (C=O) groups excluding carboxylic acids is 1. The first kappa shape index (κ1) is 13.3. The zero-order chi connectivity index (χ0) is 12.1. The van der Waals surface area contributed by atoms with Gasteiger partial charge in [0.05, 0.1) is 0 Å². The fourth-order valence-corrected chi connectivity index (χ4v) is 2.11. The van der Waals surface area contributed by atoms with Crippen molar-refractivity contribution in [2.24, 2.45) is 5.73 Å². The number of likely N-dealkylation sites (tertiary alicyclic amines) is 1. The highest BCUT2D eigenvalue weighted by Gasteiger charge is 2.26. The predicted molar refractivity (Wildman–Crippen MR) is 63.4 cm³/mol. The average Bonchev–Trinajstić information content (AvgIpc) is 2.51. The van der Waals surface area contributed by atoms with Crippen LogP contribution in [0.2, 0.25) is 0 Å². The number of nitrogens with zero attached hydrogens (tertiary/aromatic N) is 1. The van der Waals surface area contributed by atoms with Crippen LogP contribution in [0.15, 0.2) is 0 Å². The van der Waals surface area contributed by atoms with Crippen molar-refractivity contribution < 1.29 is 14.7 Å². The van der Waals surface area contributed by atoms with E-state index in [-0.39, 0.29) is 11.2 Å². The van der Waals surface area contributed by atoms with Crippen LogP contribution in [0.5, 0.6) is 0 Å². The number of unbranched alkanes of at least 4 members (excludes halogenated alkanes) is 1. The molecule has 1 heterocycles. The zero-order valence-electron chi connectivity index (χ0n) is 9.13. The molecule has 1 fully saturated rings. The molecule has 2 unspecified atom stereocenters. The average molecular weight is 246 g/mol. The number of rotatable bonds is 6. The Balaban J connectivity index is 2.12. The molecular formula is C10H18N2O3S. The number of amides is 1. The van der Waals surface area contributed by atoms with Gasteiger partial charge in [-0.2, -0.15) is 12.6 Å². The van der Waals surface area contributed by atoms with Crippen molar-refractivity contribution in [2.45, 2.75) is 37.0 Å². The summed E-state index contributed by atoms with van der Waals surface area (Å²) in [6, 6.07) is -0.785. The van der Waals surface area contributed by atoms with Crippen LogP contribution in [-0.2, 0) is 9.59 Å². The number of carbonyl (C=O) groups is 2. The third-order valence-corrected chi connectivity index (χ3v) is 3.05. The molecule has 16 heavy (non-hydrogen) atoms. The minimum atomic E-state index is -0.965. The largest absolute Gasteiger partial charge is 0.480 e. The Morgan fingerprint density at radius 1 is 1.62 bits per heavy atom. The highest BCUT2D eigenvalue weighted by Crippen LogP contribution is 2.16. The van der Waals surface area contributed by atoms with Crippen LogP contribution in [0.3, 0.4) is 0 Å². The molecule has 1 rings (SSSR count). The van der Waals surface area contributed by atoms with Crippen LogP contribution in [0.25, 0.3) is 0 Å². The number of carboxylic acids is 1. The highest BCUT2D eigenvalue weighted by molar-refractivity contribution is 7.81. The first-order chi connectivity index (χ1) is 7.50. The minimum absolute atomic E-state index is 0.141. The van der Waals surface area contributed by atoms with Crippen LogP contribution in [0.4, 0.5) is 0 Å². The molecule has 92 valence electrons. The number of hydrogen-bond donors (Lipinski definition) is 3. The van der Waals surface area contributed by atoms with E-state index >= 15 is 0 Å². The monoisotopic (exact) mass is 246 g/mol. The molecule has 0 aromatic rings. The lowest BCUT2D eigenvalue weighted by molar-refractivity contribution is -0.138. The summed E-state index contributed by atoms with van der Waals surface area (Å²) >= 11 is 4.26. The van der Waals surface area contributed by atoms with Crippen LogP contribution < -0.4 is 5.73 Å². The third kappa shape index (κ3) is 4.02. The van der Waals surface area contributed by atoms with Gasteiger partial charge in [0.1, 0.15) is 6.04 Å². The summed E-state index contributed by atoms with van der Waals surface area (Å²) in [4.78, 5) is 23.6. The first-order valence-corrected chi connectivity index (χ1v) is 5.96. The molecule has 0 aliphatic carbocycles. The summed E-state index contributed by atoms with van der Waals surface area (Å²) < 4.78 is 0. The summed E-state index contributed by atoms with van der Waals surface area (Å²) in [5.41, 5.74) is 5.37. The topological polar surface area (TPSA) is 83.6 Å². The van der Waals surface area contributed by atoms with Crippen LogP contribution in [-0.4, -0.2) is 46.3 Å². The van der Waals surface area contributed by atoms with Gasteiger partial charge >= 0.3 is 5.97 Å². The Morgan fingerprint density at radius 3 is 2.81 bits per heavy atom. The summed E-state index contributed by atoms with van der Waals surface area (Å²) in [6.07, 6.45) is 2.50. The molecule has 2 atom stereocenters. The predicted octanol–water partition coefficient (Wildman–Crippen LogP) is 0.0993. The normalized spacial score (nSPS) is 22.5. The van der Waals surface area contributed by atoms with Gasteiger partial charge in [0.2, 0.25) is 5.91 Å². The van der Waals surface area contributed by atoms with Crippen molar-refractivity contribution in [3.63, 3.8) is 0 Å². The lowest BCUT2D eigenvalue weighted by atomic mass is 10.1. The number of carboxylic acid groups (broad SMARTS) is 1. The molecule has 5 nitrogen and oxygen atoms in total. The van der Waals surface area contributed by atoms with Crippen molar-refractivity contribution >= 4 is 24.5 Å². The molecule has 0 spiro atoms. The van der Waals surface area contributed by atoms with Gasteiger partial charge in [0.25, 0.3) is 0 Å². The van der Waals surface area contributed by atoms with Crippen molar-refractivity contribution in [1.82, 2.24) is 4.90 Å². The van der Waals surface area contributed by atoms with Gasteiger partial charge in [0.15, 0.2) is 0 Å². The highest BCUT2D eigenvalue weighted by atomic mass is 32.1. The van der Waals surface area contributed by atoms with Gasteiger partial charge in [-0.15, -0.1) is 0 Å². The van der Waals surface area contributed by atoms with Crippen molar-refractivity contribution in [1.29, 1.82) is 0 Å². The third-order valence-electron chi connectivity index (χ3n) is 2.70. The maximum atomic E-state index is 11.4. The fourth-order valence-electron chi connectivity index (χ4n) is 1.76. The Morgan fingerprint density at radius 2 is 2.31 bits per heavy atom. The molecule has 3 N–H and O–H groups in total. The standard InChI is InChI=1S/C10H18N2O3S/c11-8(10(14)15)3-1-2-4-12-6-7(16)5-9(12)13/h7-8,16H,1-6,11H2,(H,14,15). The zero-order valence-corrected chi connectivity index (χ0v) is 10.0. The van der Waals surface area contributed by atoms with Crippen molar-refractivity contribution in [3.8, 4) is 0 Å². The summed E-state index contributed by atoms with van der Waals surface area (Å²) in [7, 11) is 0. The van der Waals surface area contributed by atoms with Gasteiger partial charge in [-0.05, 0) is 19.3 Å². The maximum Gasteiger partial charge on any atom is 0.320 e. The van der Waals surface area contributed by atoms with E-state index in [4.69, 9.17) is 10.8 Å². The smallest absolute Gasteiger partial charge is 0.320 e. The van der Waals surface area contributed by atoms with E-state index in [9.17, 15) is 9.59 Å². The summed E-state index contributed by atoms with van der Waals surface area (Å²) in [6.45, 7) is 1.38. The van der Waals surface area contributed by atoms with E-state index in [1.165, 1.54) is 0 Å². The lowest BCUT2D eigenvalue weighted by Gasteiger charge is -2.15. The van der Waals surface area contributed by atoms with E-state index in [1.54, 1.807) is 4.90 Å². The van der Waals surface area contributed by atoms with E-state index in [0.717, 1.165) is 12.8 Å². The van der Waals surface area contributed by atoms with Gasteiger partial charge < -0.3 is 15.7 Å². The molecule has 0 radical (unpaired) electrons. The van der Waals surface area contributed by atoms with Crippen molar-refractivity contribution in [3.05, 3.63) is 0 Å². The molecule has 0 aromatic heterocycles. The number of nitrogens with two attached hydrogens (primary N) is 1. The Hall–Kier alpha value is -0.750. The Kier molecular flexibility index (Phi) is 5.08. The SMILES string of the molecule is NC(CCCCN1CC(S)CC1=O)C(=O)O. The lowest BCUT2D eigenvalue weighted by Crippen LogP contribution is -2.30. The second-order valence-electron chi connectivity index (χ2n) is 4.14. The van der Waals surface area contributed by atoms with E-state index in [0.29, 0.717) is 25.9 Å². The fraction of sp³-hybridized carbons (Fsp3) is 0.800. The number of aliphatic carboxylic acids is 1. The molecule has 0 aromatic carbocycles. The molecule has 1 aliphatic rings. The molecular weight excluding hydrogens is 228 g/mol. The summed E-state index contributed by atoms with van der Waals surface area (Å²) in [5, 5.41) is 8.72. The number of thiol groups is 1. The molecule has 0 saturated carbocycles. The van der Waals surface area contributed by atoms with Crippen molar-refractivity contribution in [2.75, 3.05) is 13.1 Å². The second-order valence-corrected chi connectivity index (χ2v) is 4.87. The molecule has 0 bridgehead atoms. The molecule has 6 heteroatoms. The van der Waals surface area contributed by atoms with E-state index in [1.807, 2.05) is 0 Å². The number of hydrogen-bond acceptors (Lipinski definition) is 4. The van der Waals surface area contributed by atoms with Gasteiger partial charge in [0, 0.05) is 24.8 Å². The molecule has 1 aliphatic heterocycles. The molecule has 1 amide bonds. The molecule has 1 saturated heterocycles. The summed E-state index contributed by atoms with van der Waals surface area (Å²) in [5.74, 6) is -0.824. The van der Waals surface area contributed by atoms with Gasteiger partial charge in [-0.3, -0.25) is 9.59 Å². The quantitative estimate of drug-likeness (QED) is 0.458.